The molecule has 1 N–H and O–H groups in total. The Balaban J connectivity index is 1.76. The maximum atomic E-state index is 13.9. The molecular formula is C27H28N4O2. The van der Waals surface area contributed by atoms with Gasteiger partial charge in [-0.3, -0.25) is 14.3 Å². The summed E-state index contributed by atoms with van der Waals surface area (Å²) >= 11 is 0. The lowest BCUT2D eigenvalue weighted by atomic mass is 10.1. The average Bonchev–Trinajstić information content (AvgIpc) is 3.15. The number of para-hydroxylation sites is 2. The molecule has 1 aliphatic heterocycles. The third-order valence-electron chi connectivity index (χ3n) is 6.17. The van der Waals surface area contributed by atoms with E-state index in [1.807, 2.05) is 84.0 Å². The summed E-state index contributed by atoms with van der Waals surface area (Å²) < 4.78 is 8.65. The van der Waals surface area contributed by atoms with E-state index in [-0.39, 0.29) is 11.9 Å². The zero-order valence-electron chi connectivity index (χ0n) is 19.2. The van der Waals surface area contributed by atoms with Crippen LogP contribution in [0.15, 0.2) is 66.9 Å². The second-order valence-corrected chi connectivity index (χ2v) is 8.65. The number of carbonyl (C=O) groups excluding carboxylic acids is 1. The molecule has 1 fully saturated rings. The Morgan fingerprint density at radius 3 is 2.52 bits per heavy atom. The minimum Gasteiger partial charge on any atom is -0.439 e. The normalized spacial score (nSPS) is 16.2. The molecule has 0 spiro atoms. The summed E-state index contributed by atoms with van der Waals surface area (Å²) in [4.78, 5) is 20.5. The van der Waals surface area contributed by atoms with Gasteiger partial charge < -0.3 is 15.0 Å². The minimum atomic E-state index is -0.0528. The van der Waals surface area contributed by atoms with Crippen molar-refractivity contribution in [1.82, 2.24) is 19.8 Å². The fourth-order valence-corrected chi connectivity index (χ4v) is 4.55. The number of hydrogen-bond acceptors (Lipinski definition) is 4. The lowest BCUT2D eigenvalue weighted by Gasteiger charge is -2.32. The number of amides is 1. The van der Waals surface area contributed by atoms with Gasteiger partial charge in [-0.05, 0) is 56.2 Å². The van der Waals surface area contributed by atoms with Crippen LogP contribution in [0.4, 0.5) is 0 Å². The van der Waals surface area contributed by atoms with Gasteiger partial charge in [-0.25, -0.2) is 0 Å². The molecule has 6 nitrogen and oxygen atoms in total. The molecule has 0 radical (unpaired) electrons. The summed E-state index contributed by atoms with van der Waals surface area (Å²) in [6.45, 7) is 8.21. The highest BCUT2D eigenvalue weighted by Crippen LogP contribution is 2.39. The second-order valence-electron chi connectivity index (χ2n) is 8.65. The molecule has 1 atom stereocenters. The highest BCUT2D eigenvalue weighted by molar-refractivity contribution is 6.09. The van der Waals surface area contributed by atoms with Crippen molar-refractivity contribution >= 4 is 16.9 Å². The summed E-state index contributed by atoms with van der Waals surface area (Å²) in [6, 6.07) is 20.2. The smallest absolute Gasteiger partial charge is 0.261 e. The molecule has 1 saturated heterocycles. The van der Waals surface area contributed by atoms with Gasteiger partial charge in [-0.2, -0.15) is 0 Å². The quantitative estimate of drug-likeness (QED) is 0.492. The number of ether oxygens (including phenoxy) is 1. The summed E-state index contributed by atoms with van der Waals surface area (Å²) in [5.41, 5.74) is 4.95. The summed E-state index contributed by atoms with van der Waals surface area (Å²) in [5, 5.41) is 3.41. The van der Waals surface area contributed by atoms with E-state index in [4.69, 9.17) is 4.74 Å². The van der Waals surface area contributed by atoms with Crippen LogP contribution < -0.4 is 10.1 Å². The molecule has 0 unspecified atom stereocenters. The van der Waals surface area contributed by atoms with Gasteiger partial charge in [0.2, 0.25) is 5.88 Å². The zero-order valence-corrected chi connectivity index (χ0v) is 19.2. The molecule has 6 heteroatoms. The number of aryl methyl sites for hydroxylation is 2. The number of hydrogen-bond donors (Lipinski definition) is 1. The van der Waals surface area contributed by atoms with Crippen LogP contribution in [0.3, 0.4) is 0 Å². The first kappa shape index (κ1) is 21.2. The van der Waals surface area contributed by atoms with Gasteiger partial charge in [-0.15, -0.1) is 0 Å². The number of carbonyl (C=O) groups is 1. The van der Waals surface area contributed by atoms with E-state index in [0.29, 0.717) is 30.0 Å². The van der Waals surface area contributed by atoms with Crippen molar-refractivity contribution in [2.45, 2.75) is 26.8 Å². The average molecular weight is 441 g/mol. The Kier molecular flexibility index (Phi) is 5.60. The second kappa shape index (κ2) is 8.71. The van der Waals surface area contributed by atoms with E-state index in [2.05, 4.69) is 17.2 Å². The third kappa shape index (κ3) is 3.87. The van der Waals surface area contributed by atoms with E-state index in [1.165, 1.54) is 0 Å². The van der Waals surface area contributed by atoms with Crippen LogP contribution >= 0.6 is 0 Å². The zero-order chi connectivity index (χ0) is 22.9. The Labute approximate surface area is 193 Å². The molecule has 0 aliphatic carbocycles. The first-order chi connectivity index (χ1) is 16.0. The van der Waals surface area contributed by atoms with Gasteiger partial charge in [0.25, 0.3) is 5.91 Å². The molecule has 4 aromatic rings. The molecule has 5 rings (SSSR count). The first-order valence-corrected chi connectivity index (χ1v) is 11.4. The molecule has 0 saturated carbocycles. The maximum Gasteiger partial charge on any atom is 0.261 e. The number of piperazine rings is 1. The number of fused-ring (bicyclic) bond motifs is 1. The van der Waals surface area contributed by atoms with Crippen LogP contribution in [0.25, 0.3) is 16.7 Å². The van der Waals surface area contributed by atoms with Crippen molar-refractivity contribution in [1.29, 1.82) is 0 Å². The molecule has 2 aromatic carbocycles. The van der Waals surface area contributed by atoms with Crippen LogP contribution in [-0.4, -0.2) is 46.0 Å². The summed E-state index contributed by atoms with van der Waals surface area (Å²) in [7, 11) is 0. The Morgan fingerprint density at radius 1 is 1.03 bits per heavy atom. The number of nitrogens with zero attached hydrogens (tertiary/aromatic N) is 3. The van der Waals surface area contributed by atoms with E-state index in [0.717, 1.165) is 34.6 Å². The lowest BCUT2D eigenvalue weighted by Crippen LogP contribution is -2.51. The molecular weight excluding hydrogens is 412 g/mol. The van der Waals surface area contributed by atoms with Crippen molar-refractivity contribution in [3.8, 4) is 17.3 Å². The topological polar surface area (TPSA) is 59.4 Å². The Morgan fingerprint density at radius 2 is 1.79 bits per heavy atom. The van der Waals surface area contributed by atoms with E-state index in [9.17, 15) is 4.79 Å². The number of aromatic nitrogens is 2. The van der Waals surface area contributed by atoms with Crippen molar-refractivity contribution < 1.29 is 9.53 Å². The van der Waals surface area contributed by atoms with Crippen molar-refractivity contribution in [2.75, 3.05) is 19.6 Å². The molecule has 1 amide bonds. The van der Waals surface area contributed by atoms with Crippen LogP contribution in [0.1, 0.15) is 28.4 Å². The standard InChI is InChI=1S/C27H28N4O2/c1-18-9-7-10-19(2)25(18)33-27-23(26(32)30-16-15-28-20(3)17-30)24-22(13-8-14-29-24)31(27)21-11-5-4-6-12-21/h4-14,20,28H,15-17H2,1-3H3/t20-/m0/s1. The van der Waals surface area contributed by atoms with E-state index >= 15 is 0 Å². The number of benzene rings is 2. The first-order valence-electron chi connectivity index (χ1n) is 11.4. The Hall–Kier alpha value is -3.64. The van der Waals surface area contributed by atoms with Crippen LogP contribution in [0.2, 0.25) is 0 Å². The minimum absolute atomic E-state index is 0.0528. The number of pyridine rings is 1. The van der Waals surface area contributed by atoms with Gasteiger partial charge in [0.1, 0.15) is 16.8 Å². The summed E-state index contributed by atoms with van der Waals surface area (Å²) in [6.07, 6.45) is 1.73. The largest absolute Gasteiger partial charge is 0.439 e. The molecule has 33 heavy (non-hydrogen) atoms. The monoisotopic (exact) mass is 440 g/mol. The number of rotatable bonds is 4. The fraction of sp³-hybridized carbons (Fsp3) is 0.259. The van der Waals surface area contributed by atoms with Gasteiger partial charge in [0, 0.05) is 37.6 Å². The van der Waals surface area contributed by atoms with Crippen LogP contribution in [-0.2, 0) is 0 Å². The molecule has 0 bridgehead atoms. The number of nitrogens with one attached hydrogen (secondary N) is 1. The van der Waals surface area contributed by atoms with Crippen molar-refractivity contribution in [3.05, 3.63) is 83.6 Å². The predicted molar refractivity (Wildman–Crippen MR) is 130 cm³/mol. The van der Waals surface area contributed by atoms with Crippen molar-refractivity contribution in [3.63, 3.8) is 0 Å². The third-order valence-corrected chi connectivity index (χ3v) is 6.17. The van der Waals surface area contributed by atoms with Gasteiger partial charge >= 0.3 is 0 Å². The molecule has 2 aromatic heterocycles. The summed E-state index contributed by atoms with van der Waals surface area (Å²) in [5.74, 6) is 1.21. The van der Waals surface area contributed by atoms with Crippen molar-refractivity contribution in [2.24, 2.45) is 0 Å². The SMILES string of the molecule is Cc1cccc(C)c1Oc1c(C(=O)N2CCN[C@@H](C)C2)c2ncccc2n1-c1ccccc1. The van der Waals surface area contributed by atoms with Gasteiger partial charge in [0.15, 0.2) is 0 Å². The van der Waals surface area contributed by atoms with Crippen LogP contribution in [0.5, 0.6) is 11.6 Å². The van der Waals surface area contributed by atoms with E-state index < -0.39 is 0 Å². The molecule has 3 heterocycles. The van der Waals surface area contributed by atoms with E-state index in [1.54, 1.807) is 6.20 Å². The fourth-order valence-electron chi connectivity index (χ4n) is 4.55. The van der Waals surface area contributed by atoms with Crippen LogP contribution in [0, 0.1) is 13.8 Å². The van der Waals surface area contributed by atoms with Gasteiger partial charge in [-0.1, -0.05) is 36.4 Å². The Bertz CT molecular complexity index is 1290. The molecule has 1 aliphatic rings. The van der Waals surface area contributed by atoms with Gasteiger partial charge in [0.05, 0.1) is 5.52 Å². The lowest BCUT2D eigenvalue weighted by molar-refractivity contribution is 0.0708. The maximum absolute atomic E-state index is 13.9. The highest BCUT2D eigenvalue weighted by atomic mass is 16.5. The predicted octanol–water partition coefficient (Wildman–Crippen LogP) is 4.87. The highest BCUT2D eigenvalue weighted by Gasteiger charge is 2.31. The molecule has 168 valence electrons.